The normalized spacial score (nSPS) is 22.0. The van der Waals surface area contributed by atoms with Crippen LogP contribution < -0.4 is 5.69 Å². The second-order valence-electron chi connectivity index (χ2n) is 6.68. The number of imidazole rings is 1. The van der Waals surface area contributed by atoms with E-state index in [1.165, 1.54) is 0 Å². The van der Waals surface area contributed by atoms with Gasteiger partial charge in [-0.1, -0.05) is 12.1 Å². The predicted octanol–water partition coefficient (Wildman–Crippen LogP) is 1.09. The van der Waals surface area contributed by atoms with Gasteiger partial charge in [0.1, 0.15) is 6.54 Å². The first-order chi connectivity index (χ1) is 12.2. The van der Waals surface area contributed by atoms with E-state index in [0.29, 0.717) is 19.8 Å². The lowest BCUT2D eigenvalue weighted by Crippen LogP contribution is -2.51. The van der Waals surface area contributed by atoms with Crippen molar-refractivity contribution in [2.75, 3.05) is 19.8 Å². The van der Waals surface area contributed by atoms with Crippen molar-refractivity contribution in [2.24, 2.45) is 7.05 Å². The number of hydrogen-bond donors (Lipinski definition) is 0. The minimum Gasteiger partial charge on any atom is -0.348 e. The quantitative estimate of drug-likeness (QED) is 0.835. The maximum atomic E-state index is 13.0. The fourth-order valence-electron chi connectivity index (χ4n) is 3.89. The number of hydrogen-bond acceptors (Lipinski definition) is 4. The Morgan fingerprint density at radius 2 is 1.88 bits per heavy atom. The third kappa shape index (κ3) is 2.87. The zero-order valence-corrected chi connectivity index (χ0v) is 14.4. The number of aryl methyl sites for hydroxylation is 1. The third-order valence-electron chi connectivity index (χ3n) is 5.18. The number of nitrogens with zero attached hydrogens (tertiary/aromatic N) is 3. The van der Waals surface area contributed by atoms with Gasteiger partial charge in [0.15, 0.2) is 6.29 Å². The van der Waals surface area contributed by atoms with Crippen LogP contribution in [0.25, 0.3) is 11.0 Å². The van der Waals surface area contributed by atoms with Crippen LogP contribution in [0.4, 0.5) is 0 Å². The van der Waals surface area contributed by atoms with Gasteiger partial charge in [-0.3, -0.25) is 13.9 Å². The number of amides is 1. The number of carbonyl (C=O) groups is 1. The molecule has 2 aliphatic rings. The number of likely N-dealkylation sites (tertiary alicyclic amines) is 1. The van der Waals surface area contributed by atoms with Gasteiger partial charge in [0, 0.05) is 13.6 Å². The van der Waals surface area contributed by atoms with Crippen molar-refractivity contribution in [1.82, 2.24) is 14.0 Å². The molecule has 1 atom stereocenters. The zero-order valence-electron chi connectivity index (χ0n) is 14.4. The van der Waals surface area contributed by atoms with Crippen molar-refractivity contribution in [3.05, 3.63) is 34.7 Å². The highest BCUT2D eigenvalue weighted by molar-refractivity contribution is 5.81. The highest BCUT2D eigenvalue weighted by Crippen LogP contribution is 2.25. The Balaban J connectivity index is 1.61. The molecule has 25 heavy (non-hydrogen) atoms. The summed E-state index contributed by atoms with van der Waals surface area (Å²) in [4.78, 5) is 27.4. The minimum atomic E-state index is -0.339. The van der Waals surface area contributed by atoms with Gasteiger partial charge < -0.3 is 14.4 Å². The summed E-state index contributed by atoms with van der Waals surface area (Å²) in [7, 11) is 1.73. The molecular formula is C18H23N3O4. The zero-order chi connectivity index (χ0) is 17.4. The molecule has 3 heterocycles. The molecule has 134 valence electrons. The van der Waals surface area contributed by atoms with Gasteiger partial charge >= 0.3 is 5.69 Å². The average Bonchev–Trinajstić information content (AvgIpc) is 3.26. The number of carbonyl (C=O) groups excluding carboxylic acids is 1. The topological polar surface area (TPSA) is 65.7 Å². The Morgan fingerprint density at radius 3 is 2.64 bits per heavy atom. The number of piperidine rings is 1. The number of aromatic nitrogens is 2. The Labute approximate surface area is 145 Å². The van der Waals surface area contributed by atoms with Gasteiger partial charge in [-0.15, -0.1) is 0 Å². The summed E-state index contributed by atoms with van der Waals surface area (Å²) in [6.07, 6.45) is 2.57. The number of ether oxygens (including phenoxy) is 2. The molecule has 0 aliphatic carbocycles. The second kappa shape index (κ2) is 6.65. The Hall–Kier alpha value is -2.12. The summed E-state index contributed by atoms with van der Waals surface area (Å²) in [6.45, 7) is 1.88. The Bertz CT molecular complexity index is 834. The Kier molecular flexibility index (Phi) is 4.35. The van der Waals surface area contributed by atoms with Crippen LogP contribution in [0.1, 0.15) is 19.3 Å². The van der Waals surface area contributed by atoms with Crippen LogP contribution >= 0.6 is 0 Å². The van der Waals surface area contributed by atoms with Crippen molar-refractivity contribution < 1.29 is 14.3 Å². The van der Waals surface area contributed by atoms with Crippen LogP contribution in [-0.2, 0) is 27.9 Å². The van der Waals surface area contributed by atoms with Gasteiger partial charge in [-0.25, -0.2) is 4.79 Å². The molecule has 2 aliphatic heterocycles. The number of rotatable bonds is 3. The van der Waals surface area contributed by atoms with E-state index in [2.05, 4.69) is 0 Å². The molecule has 7 nitrogen and oxygen atoms in total. The van der Waals surface area contributed by atoms with Crippen LogP contribution in [0.3, 0.4) is 0 Å². The molecular weight excluding hydrogens is 322 g/mol. The molecule has 4 rings (SSSR count). The summed E-state index contributed by atoms with van der Waals surface area (Å²) in [6, 6.07) is 7.48. The van der Waals surface area contributed by atoms with E-state index in [0.717, 1.165) is 30.3 Å². The van der Waals surface area contributed by atoms with E-state index in [4.69, 9.17) is 9.47 Å². The lowest BCUT2D eigenvalue weighted by molar-refractivity contribution is -0.151. The monoisotopic (exact) mass is 345 g/mol. The van der Waals surface area contributed by atoms with Crippen LogP contribution in [0.15, 0.2) is 29.1 Å². The van der Waals surface area contributed by atoms with E-state index in [-0.39, 0.29) is 30.5 Å². The number of para-hydroxylation sites is 2. The fraction of sp³-hybridized carbons (Fsp3) is 0.556. The standard InChI is InChI=1S/C18H23N3O4/c1-19-13-6-2-3-7-14(13)21(18(19)23)12-16(22)20-9-5-4-8-15(20)17-24-10-11-25-17/h2-3,6-7,15,17H,4-5,8-12H2,1H3/t15-/m1/s1. The molecule has 0 N–H and O–H groups in total. The second-order valence-corrected chi connectivity index (χ2v) is 6.68. The average molecular weight is 345 g/mol. The molecule has 1 aromatic heterocycles. The number of fused-ring (bicyclic) bond motifs is 1. The van der Waals surface area contributed by atoms with Crippen molar-refractivity contribution in [1.29, 1.82) is 0 Å². The molecule has 2 aromatic rings. The maximum Gasteiger partial charge on any atom is 0.329 e. The maximum absolute atomic E-state index is 13.0. The summed E-state index contributed by atoms with van der Waals surface area (Å²) in [5.74, 6) is -0.0535. The Morgan fingerprint density at radius 1 is 1.16 bits per heavy atom. The summed E-state index contributed by atoms with van der Waals surface area (Å²) in [5, 5.41) is 0. The lowest BCUT2D eigenvalue weighted by atomic mass is 10.0. The van der Waals surface area contributed by atoms with E-state index >= 15 is 0 Å². The van der Waals surface area contributed by atoms with Crippen LogP contribution in [0.2, 0.25) is 0 Å². The van der Waals surface area contributed by atoms with Crippen molar-refractivity contribution >= 4 is 16.9 Å². The first-order valence-corrected chi connectivity index (χ1v) is 8.84. The highest BCUT2D eigenvalue weighted by Gasteiger charge is 2.36. The van der Waals surface area contributed by atoms with Gasteiger partial charge in [0.25, 0.3) is 0 Å². The predicted molar refractivity (Wildman–Crippen MR) is 92.2 cm³/mol. The van der Waals surface area contributed by atoms with Crippen molar-refractivity contribution in [3.8, 4) is 0 Å². The minimum absolute atomic E-state index is 0.0450. The van der Waals surface area contributed by atoms with Crippen LogP contribution in [-0.4, -0.2) is 52.0 Å². The third-order valence-corrected chi connectivity index (χ3v) is 5.18. The fourth-order valence-corrected chi connectivity index (χ4v) is 3.89. The van der Waals surface area contributed by atoms with Gasteiger partial charge in [-0.2, -0.15) is 0 Å². The first kappa shape index (κ1) is 16.4. The molecule has 0 unspecified atom stereocenters. The molecule has 0 bridgehead atoms. The van der Waals surface area contributed by atoms with E-state index in [1.807, 2.05) is 29.2 Å². The smallest absolute Gasteiger partial charge is 0.329 e. The van der Waals surface area contributed by atoms with E-state index in [1.54, 1.807) is 16.2 Å². The van der Waals surface area contributed by atoms with E-state index < -0.39 is 0 Å². The summed E-state index contributed by atoms with van der Waals surface area (Å²) >= 11 is 0. The highest BCUT2D eigenvalue weighted by atomic mass is 16.7. The number of benzene rings is 1. The van der Waals surface area contributed by atoms with Crippen LogP contribution in [0, 0.1) is 0 Å². The molecule has 7 heteroatoms. The van der Waals surface area contributed by atoms with Crippen molar-refractivity contribution in [2.45, 2.75) is 38.1 Å². The van der Waals surface area contributed by atoms with Crippen molar-refractivity contribution in [3.63, 3.8) is 0 Å². The largest absolute Gasteiger partial charge is 0.348 e. The summed E-state index contributed by atoms with van der Waals surface area (Å²) < 4.78 is 14.4. The van der Waals surface area contributed by atoms with E-state index in [9.17, 15) is 9.59 Å². The molecule has 2 fully saturated rings. The summed E-state index contributed by atoms with van der Waals surface area (Å²) in [5.41, 5.74) is 1.44. The molecule has 0 radical (unpaired) electrons. The van der Waals surface area contributed by atoms with Crippen LogP contribution in [0.5, 0.6) is 0 Å². The lowest BCUT2D eigenvalue weighted by Gasteiger charge is -2.38. The molecule has 0 spiro atoms. The SMILES string of the molecule is Cn1c(=O)n(CC(=O)N2CCCC[C@@H]2C2OCCO2)c2ccccc21. The van der Waals surface area contributed by atoms with Gasteiger partial charge in [0.2, 0.25) is 5.91 Å². The molecule has 0 saturated carbocycles. The molecule has 1 aromatic carbocycles. The first-order valence-electron chi connectivity index (χ1n) is 8.84. The van der Waals surface area contributed by atoms with Gasteiger partial charge in [-0.05, 0) is 31.4 Å². The molecule has 2 saturated heterocycles. The van der Waals surface area contributed by atoms with Gasteiger partial charge in [0.05, 0.1) is 30.3 Å². The molecule has 1 amide bonds.